The Kier molecular flexibility index (Phi) is 1.12. The monoisotopic (exact) mass is 148 g/mol. The molecule has 0 bridgehead atoms. The molecule has 56 valence electrons. The molecule has 0 saturated heterocycles. The minimum Gasteiger partial charge on any atom is -0.493 e. The van der Waals surface area contributed by atoms with Gasteiger partial charge in [-0.3, -0.25) is 4.40 Å². The highest BCUT2D eigenvalue weighted by Gasteiger charge is 1.98. The molecule has 0 radical (unpaired) electrons. The second-order valence-electron chi connectivity index (χ2n) is 2.55. The standard InChI is InChI=1S/C8H8N2O/c1-6-2-3-10-7(4-6)9-5-8(10)11/h2-5,11H,1H3. The molecule has 2 aromatic heterocycles. The SMILES string of the molecule is Cc1ccn2c(O)cnc2c1. The zero-order valence-corrected chi connectivity index (χ0v) is 6.15. The van der Waals surface area contributed by atoms with E-state index in [-0.39, 0.29) is 5.88 Å². The van der Waals surface area contributed by atoms with Crippen molar-refractivity contribution < 1.29 is 5.11 Å². The van der Waals surface area contributed by atoms with Gasteiger partial charge in [-0.25, -0.2) is 4.98 Å². The number of nitrogens with zero attached hydrogens (tertiary/aromatic N) is 2. The number of rotatable bonds is 0. The highest BCUT2D eigenvalue weighted by atomic mass is 16.3. The summed E-state index contributed by atoms with van der Waals surface area (Å²) >= 11 is 0. The van der Waals surface area contributed by atoms with Crippen LogP contribution in [0.1, 0.15) is 5.56 Å². The summed E-state index contributed by atoms with van der Waals surface area (Å²) in [6, 6.07) is 3.84. The first-order valence-corrected chi connectivity index (χ1v) is 3.40. The van der Waals surface area contributed by atoms with Crippen LogP contribution in [-0.2, 0) is 0 Å². The van der Waals surface area contributed by atoms with Gasteiger partial charge < -0.3 is 5.11 Å². The van der Waals surface area contributed by atoms with E-state index in [1.807, 2.05) is 19.1 Å². The Morgan fingerprint density at radius 2 is 2.36 bits per heavy atom. The summed E-state index contributed by atoms with van der Waals surface area (Å²) in [6.45, 7) is 1.99. The molecule has 0 spiro atoms. The van der Waals surface area contributed by atoms with E-state index in [2.05, 4.69) is 4.98 Å². The van der Waals surface area contributed by atoms with Crippen molar-refractivity contribution in [3.63, 3.8) is 0 Å². The molecule has 0 aromatic carbocycles. The van der Waals surface area contributed by atoms with Crippen LogP contribution in [0, 0.1) is 6.92 Å². The maximum Gasteiger partial charge on any atom is 0.215 e. The number of hydrogen-bond acceptors (Lipinski definition) is 2. The Morgan fingerprint density at radius 3 is 3.18 bits per heavy atom. The molecule has 0 fully saturated rings. The Balaban J connectivity index is 2.86. The number of pyridine rings is 1. The van der Waals surface area contributed by atoms with Crippen LogP contribution in [0.25, 0.3) is 5.65 Å². The number of aromatic nitrogens is 2. The molecule has 1 N–H and O–H groups in total. The fraction of sp³-hybridized carbons (Fsp3) is 0.125. The van der Waals surface area contributed by atoms with Crippen molar-refractivity contribution in [1.29, 1.82) is 0 Å². The van der Waals surface area contributed by atoms with Crippen LogP contribution in [0.3, 0.4) is 0 Å². The van der Waals surface area contributed by atoms with E-state index < -0.39 is 0 Å². The Hall–Kier alpha value is -1.51. The largest absolute Gasteiger partial charge is 0.493 e. The van der Waals surface area contributed by atoms with Gasteiger partial charge in [0, 0.05) is 6.20 Å². The number of fused-ring (bicyclic) bond motifs is 1. The lowest BCUT2D eigenvalue weighted by atomic mass is 10.3. The molecule has 2 rings (SSSR count). The van der Waals surface area contributed by atoms with E-state index in [1.165, 1.54) is 6.20 Å². The minimum atomic E-state index is 0.181. The van der Waals surface area contributed by atoms with Crippen LogP contribution in [0.4, 0.5) is 0 Å². The highest BCUT2D eigenvalue weighted by molar-refractivity contribution is 5.44. The van der Waals surface area contributed by atoms with Gasteiger partial charge >= 0.3 is 0 Å². The zero-order valence-electron chi connectivity index (χ0n) is 6.15. The average Bonchev–Trinajstić information content (AvgIpc) is 2.32. The van der Waals surface area contributed by atoms with Gasteiger partial charge in [-0.1, -0.05) is 0 Å². The van der Waals surface area contributed by atoms with Crippen molar-refractivity contribution in [3.8, 4) is 5.88 Å². The molecule has 2 aromatic rings. The third-order valence-electron chi connectivity index (χ3n) is 1.65. The second-order valence-corrected chi connectivity index (χ2v) is 2.55. The average molecular weight is 148 g/mol. The number of aryl methyl sites for hydroxylation is 1. The van der Waals surface area contributed by atoms with Gasteiger partial charge in [0.2, 0.25) is 5.88 Å². The van der Waals surface area contributed by atoms with Crippen LogP contribution >= 0.6 is 0 Å². The summed E-state index contributed by atoms with van der Waals surface area (Å²) in [6.07, 6.45) is 3.24. The van der Waals surface area contributed by atoms with E-state index in [4.69, 9.17) is 0 Å². The van der Waals surface area contributed by atoms with Gasteiger partial charge in [0.1, 0.15) is 5.65 Å². The van der Waals surface area contributed by atoms with Gasteiger partial charge in [-0.2, -0.15) is 0 Å². The predicted molar refractivity (Wildman–Crippen MR) is 41.6 cm³/mol. The Bertz CT molecular complexity index is 392. The Morgan fingerprint density at radius 1 is 1.55 bits per heavy atom. The molecule has 0 unspecified atom stereocenters. The van der Waals surface area contributed by atoms with Crippen LogP contribution in [-0.4, -0.2) is 14.5 Å². The first-order valence-electron chi connectivity index (χ1n) is 3.40. The number of hydrogen-bond donors (Lipinski definition) is 1. The van der Waals surface area contributed by atoms with Crippen LogP contribution in [0.5, 0.6) is 5.88 Å². The van der Waals surface area contributed by atoms with E-state index in [0.29, 0.717) is 0 Å². The third kappa shape index (κ3) is 0.852. The van der Waals surface area contributed by atoms with Crippen LogP contribution < -0.4 is 0 Å². The molecule has 0 saturated carbocycles. The summed E-state index contributed by atoms with van der Waals surface area (Å²) < 4.78 is 1.63. The van der Waals surface area contributed by atoms with Crippen molar-refractivity contribution >= 4 is 5.65 Å². The fourth-order valence-corrected chi connectivity index (χ4v) is 1.07. The Labute approximate surface area is 63.9 Å². The number of aromatic hydroxyl groups is 1. The summed E-state index contributed by atoms with van der Waals surface area (Å²) in [7, 11) is 0. The van der Waals surface area contributed by atoms with Gasteiger partial charge in [0.25, 0.3) is 0 Å². The molecule has 3 heteroatoms. The maximum absolute atomic E-state index is 9.20. The van der Waals surface area contributed by atoms with Crippen LogP contribution in [0.2, 0.25) is 0 Å². The molecular weight excluding hydrogens is 140 g/mol. The highest BCUT2D eigenvalue weighted by Crippen LogP contribution is 2.12. The molecule has 0 aliphatic heterocycles. The summed E-state index contributed by atoms with van der Waals surface area (Å²) in [5, 5.41) is 9.20. The number of imidazole rings is 1. The van der Waals surface area contributed by atoms with E-state index in [1.54, 1.807) is 10.6 Å². The topological polar surface area (TPSA) is 37.5 Å². The van der Waals surface area contributed by atoms with E-state index in [0.717, 1.165) is 11.2 Å². The third-order valence-corrected chi connectivity index (χ3v) is 1.65. The molecule has 2 heterocycles. The molecule has 3 nitrogen and oxygen atoms in total. The lowest BCUT2D eigenvalue weighted by molar-refractivity contribution is 0.448. The van der Waals surface area contributed by atoms with Gasteiger partial charge in [-0.15, -0.1) is 0 Å². The summed E-state index contributed by atoms with van der Waals surface area (Å²) in [5.74, 6) is 0.181. The molecular formula is C8H8N2O. The fourth-order valence-electron chi connectivity index (χ4n) is 1.07. The van der Waals surface area contributed by atoms with E-state index in [9.17, 15) is 5.11 Å². The van der Waals surface area contributed by atoms with Crippen molar-refractivity contribution in [2.45, 2.75) is 6.92 Å². The first kappa shape index (κ1) is 6.22. The molecule has 0 aliphatic rings. The molecule has 11 heavy (non-hydrogen) atoms. The molecule has 0 aliphatic carbocycles. The lowest BCUT2D eigenvalue weighted by Crippen LogP contribution is -1.83. The molecule has 0 amide bonds. The van der Waals surface area contributed by atoms with Crippen molar-refractivity contribution in [1.82, 2.24) is 9.38 Å². The van der Waals surface area contributed by atoms with Gasteiger partial charge in [0.05, 0.1) is 6.20 Å². The summed E-state index contributed by atoms with van der Waals surface area (Å²) in [5.41, 5.74) is 1.92. The van der Waals surface area contributed by atoms with Gasteiger partial charge in [0.15, 0.2) is 0 Å². The van der Waals surface area contributed by atoms with Gasteiger partial charge in [-0.05, 0) is 24.6 Å². The van der Waals surface area contributed by atoms with E-state index >= 15 is 0 Å². The van der Waals surface area contributed by atoms with Crippen molar-refractivity contribution in [2.75, 3.05) is 0 Å². The van der Waals surface area contributed by atoms with Crippen LogP contribution in [0.15, 0.2) is 24.5 Å². The van der Waals surface area contributed by atoms with Crippen molar-refractivity contribution in [2.24, 2.45) is 0 Å². The summed E-state index contributed by atoms with van der Waals surface area (Å²) in [4.78, 5) is 3.99. The zero-order chi connectivity index (χ0) is 7.84. The quantitative estimate of drug-likeness (QED) is 0.612. The second kappa shape index (κ2) is 1.99. The normalized spacial score (nSPS) is 10.6. The smallest absolute Gasteiger partial charge is 0.215 e. The lowest BCUT2D eigenvalue weighted by Gasteiger charge is -1.94. The molecule has 0 atom stereocenters. The predicted octanol–water partition coefficient (Wildman–Crippen LogP) is 1.35. The minimum absolute atomic E-state index is 0.181. The maximum atomic E-state index is 9.20. The van der Waals surface area contributed by atoms with Crippen molar-refractivity contribution in [3.05, 3.63) is 30.1 Å². The first-order chi connectivity index (χ1) is 5.27.